The first-order valence-electron chi connectivity index (χ1n) is 6.04. The number of nitrogens with zero attached hydrogens (tertiary/aromatic N) is 1. The number of hydrogen-bond acceptors (Lipinski definition) is 0. The van der Waals surface area contributed by atoms with E-state index in [1.54, 1.807) is 0 Å². The lowest BCUT2D eigenvalue weighted by Crippen LogP contribution is -2.36. The maximum Gasteiger partial charge on any atom is 0.212 e. The molecule has 0 saturated carbocycles. The van der Waals surface area contributed by atoms with Gasteiger partial charge in [-0.1, -0.05) is 26.0 Å². The van der Waals surface area contributed by atoms with Crippen LogP contribution < -0.4 is 4.57 Å². The minimum atomic E-state index is 0.506. The third-order valence-electron chi connectivity index (χ3n) is 3.09. The highest BCUT2D eigenvalue weighted by Crippen LogP contribution is 2.23. The van der Waals surface area contributed by atoms with E-state index in [2.05, 4.69) is 68.8 Å². The summed E-state index contributed by atoms with van der Waals surface area (Å²) < 4.78 is 2.33. The summed E-state index contributed by atoms with van der Waals surface area (Å²) >= 11 is 0. The molecule has 0 spiro atoms. The van der Waals surface area contributed by atoms with Crippen LogP contribution in [0.5, 0.6) is 0 Å². The molecule has 0 N–H and O–H groups in total. The molecule has 2 rings (SSSR count). The second kappa shape index (κ2) is 4.25. The molecule has 0 aliphatic rings. The Morgan fingerprint density at radius 1 is 0.938 bits per heavy atom. The average molecular weight is 214 g/mol. The molecule has 1 nitrogen and oxygen atoms in total. The quantitative estimate of drug-likeness (QED) is 0.669. The molecule has 0 amide bonds. The lowest BCUT2D eigenvalue weighted by molar-refractivity contribution is -0.691. The molecule has 0 aliphatic carbocycles. The maximum absolute atomic E-state index is 2.33. The van der Waals surface area contributed by atoms with Crippen LogP contribution in [0.15, 0.2) is 36.5 Å². The largest absolute Gasteiger partial charge is 0.212 e. The molecule has 1 aromatic heterocycles. The van der Waals surface area contributed by atoms with E-state index in [-0.39, 0.29) is 0 Å². The SMILES string of the molecule is CC(C)c1cc[n+](C(C)C)c2ccccc12. The van der Waals surface area contributed by atoms with Gasteiger partial charge in [-0.15, -0.1) is 0 Å². The number of pyridine rings is 1. The van der Waals surface area contributed by atoms with Crippen molar-refractivity contribution < 1.29 is 4.57 Å². The number of aromatic nitrogens is 1. The Bertz CT molecular complexity index is 451. The van der Waals surface area contributed by atoms with Crippen LogP contribution in [0.1, 0.15) is 45.2 Å². The average Bonchev–Trinajstić information content (AvgIpc) is 2.27. The molecule has 0 radical (unpaired) electrons. The van der Waals surface area contributed by atoms with Crippen LogP contribution in [-0.4, -0.2) is 0 Å². The van der Waals surface area contributed by atoms with Crippen LogP contribution in [0.3, 0.4) is 0 Å². The molecule has 0 bridgehead atoms. The lowest BCUT2D eigenvalue weighted by Gasteiger charge is -2.10. The highest BCUT2D eigenvalue weighted by Gasteiger charge is 2.15. The number of para-hydroxylation sites is 1. The Morgan fingerprint density at radius 3 is 2.25 bits per heavy atom. The Hall–Kier alpha value is -1.37. The number of rotatable bonds is 2. The summed E-state index contributed by atoms with van der Waals surface area (Å²) in [6.45, 7) is 8.95. The van der Waals surface area contributed by atoms with Crippen molar-refractivity contribution >= 4 is 10.9 Å². The van der Waals surface area contributed by atoms with Gasteiger partial charge in [-0.2, -0.15) is 4.57 Å². The molecular weight excluding hydrogens is 194 g/mol. The fourth-order valence-electron chi connectivity index (χ4n) is 2.23. The van der Waals surface area contributed by atoms with Gasteiger partial charge >= 0.3 is 0 Å². The van der Waals surface area contributed by atoms with Gasteiger partial charge in [0.2, 0.25) is 5.52 Å². The molecule has 2 aromatic rings. The topological polar surface area (TPSA) is 3.88 Å². The molecule has 0 fully saturated rings. The second-order valence-corrected chi connectivity index (χ2v) is 4.94. The van der Waals surface area contributed by atoms with Crippen molar-refractivity contribution in [1.82, 2.24) is 0 Å². The van der Waals surface area contributed by atoms with E-state index in [9.17, 15) is 0 Å². The summed E-state index contributed by atoms with van der Waals surface area (Å²) in [6, 6.07) is 11.4. The zero-order valence-electron chi connectivity index (χ0n) is 10.6. The number of hydrogen-bond donors (Lipinski definition) is 0. The first-order valence-corrected chi connectivity index (χ1v) is 6.04. The maximum atomic E-state index is 2.33. The zero-order chi connectivity index (χ0) is 11.7. The number of fused-ring (bicyclic) bond motifs is 1. The van der Waals surface area contributed by atoms with Crippen molar-refractivity contribution in [2.24, 2.45) is 0 Å². The lowest BCUT2D eigenvalue weighted by atomic mass is 9.98. The molecule has 1 heterocycles. The number of benzene rings is 1. The van der Waals surface area contributed by atoms with Gasteiger partial charge in [-0.25, -0.2) is 0 Å². The summed E-state index contributed by atoms with van der Waals surface area (Å²) in [5.74, 6) is 0.576. The van der Waals surface area contributed by atoms with Gasteiger partial charge in [0.1, 0.15) is 0 Å². The minimum absolute atomic E-state index is 0.506. The molecule has 0 aliphatic heterocycles. The molecule has 0 saturated heterocycles. The van der Waals surface area contributed by atoms with Crippen LogP contribution in [0.25, 0.3) is 10.9 Å². The monoisotopic (exact) mass is 214 g/mol. The predicted octanol–water partition coefficient (Wildman–Crippen LogP) is 3.83. The van der Waals surface area contributed by atoms with E-state index < -0.39 is 0 Å². The summed E-state index contributed by atoms with van der Waals surface area (Å²) in [5, 5.41) is 1.38. The standard InChI is InChI=1S/C15H20N/c1-11(2)13-9-10-16(12(3)4)15-8-6-5-7-14(13)15/h5-12H,1-4H3/q+1. The second-order valence-electron chi connectivity index (χ2n) is 4.94. The van der Waals surface area contributed by atoms with Gasteiger partial charge in [-0.3, -0.25) is 0 Å². The first kappa shape index (κ1) is 11.1. The predicted molar refractivity (Wildman–Crippen MR) is 68.6 cm³/mol. The van der Waals surface area contributed by atoms with Crippen molar-refractivity contribution in [3.8, 4) is 0 Å². The van der Waals surface area contributed by atoms with E-state index in [1.165, 1.54) is 16.5 Å². The molecule has 1 aromatic carbocycles. The molecule has 0 atom stereocenters. The van der Waals surface area contributed by atoms with Crippen LogP contribution in [0.4, 0.5) is 0 Å². The minimum Gasteiger partial charge on any atom is -0.196 e. The fraction of sp³-hybridized carbons (Fsp3) is 0.400. The summed E-state index contributed by atoms with van der Waals surface area (Å²) in [7, 11) is 0. The van der Waals surface area contributed by atoms with Gasteiger partial charge in [0, 0.05) is 17.5 Å². The van der Waals surface area contributed by atoms with Crippen molar-refractivity contribution in [3.63, 3.8) is 0 Å². The zero-order valence-corrected chi connectivity index (χ0v) is 10.6. The fourth-order valence-corrected chi connectivity index (χ4v) is 2.23. The van der Waals surface area contributed by atoms with Gasteiger partial charge in [0.25, 0.3) is 0 Å². The molecule has 1 heteroatoms. The van der Waals surface area contributed by atoms with Crippen molar-refractivity contribution in [3.05, 3.63) is 42.1 Å². The smallest absolute Gasteiger partial charge is 0.196 e. The summed E-state index contributed by atoms with van der Waals surface area (Å²) in [5.41, 5.74) is 2.77. The Labute approximate surface area is 97.7 Å². The van der Waals surface area contributed by atoms with Crippen molar-refractivity contribution in [1.29, 1.82) is 0 Å². The van der Waals surface area contributed by atoms with Gasteiger partial charge < -0.3 is 0 Å². The van der Waals surface area contributed by atoms with E-state index in [0.717, 1.165) is 0 Å². The summed E-state index contributed by atoms with van der Waals surface area (Å²) in [6.07, 6.45) is 2.21. The van der Waals surface area contributed by atoms with E-state index in [4.69, 9.17) is 0 Å². The van der Waals surface area contributed by atoms with Crippen molar-refractivity contribution in [2.75, 3.05) is 0 Å². The highest BCUT2D eigenvalue weighted by atomic mass is 15.0. The molecule has 0 unspecified atom stereocenters. The first-order chi connectivity index (χ1) is 7.61. The molecular formula is C15H20N+. The van der Waals surface area contributed by atoms with E-state index >= 15 is 0 Å². The van der Waals surface area contributed by atoms with Crippen LogP contribution in [-0.2, 0) is 0 Å². The van der Waals surface area contributed by atoms with Crippen molar-refractivity contribution in [2.45, 2.75) is 39.7 Å². The third kappa shape index (κ3) is 1.82. The van der Waals surface area contributed by atoms with Gasteiger partial charge in [-0.05, 0) is 31.4 Å². The van der Waals surface area contributed by atoms with E-state index in [1.807, 2.05) is 0 Å². The Balaban J connectivity index is 2.77. The third-order valence-corrected chi connectivity index (χ3v) is 3.09. The molecule has 16 heavy (non-hydrogen) atoms. The highest BCUT2D eigenvalue weighted by molar-refractivity contribution is 5.79. The molecule has 84 valence electrons. The van der Waals surface area contributed by atoms with Crippen LogP contribution in [0, 0.1) is 0 Å². The Morgan fingerprint density at radius 2 is 1.62 bits per heavy atom. The van der Waals surface area contributed by atoms with Gasteiger partial charge in [0.15, 0.2) is 12.2 Å². The van der Waals surface area contributed by atoms with E-state index in [0.29, 0.717) is 12.0 Å². The summed E-state index contributed by atoms with van der Waals surface area (Å²) in [4.78, 5) is 0. The van der Waals surface area contributed by atoms with Crippen LogP contribution >= 0.6 is 0 Å². The normalized spacial score (nSPS) is 11.6. The van der Waals surface area contributed by atoms with Gasteiger partial charge in [0.05, 0.1) is 0 Å². The van der Waals surface area contributed by atoms with Crippen LogP contribution in [0.2, 0.25) is 0 Å². The Kier molecular flexibility index (Phi) is 2.95.